The van der Waals surface area contributed by atoms with E-state index in [1.165, 1.54) is 46.5 Å². The van der Waals surface area contributed by atoms with Gasteiger partial charge in [0.05, 0.1) is 46.3 Å². The molecule has 326 valence electrons. The van der Waals surface area contributed by atoms with Crippen LogP contribution in [0.5, 0.6) is 0 Å². The Kier molecular flexibility index (Phi) is 10.1. The van der Waals surface area contributed by atoms with E-state index in [4.69, 9.17) is 22.9 Å². The molecule has 2 aliphatic carbocycles. The molecule has 64 heavy (non-hydrogen) atoms. The van der Waals surface area contributed by atoms with E-state index in [2.05, 4.69) is 44.9 Å². The molecule has 0 spiro atoms. The molecule has 11 rings (SSSR count). The topological polar surface area (TPSA) is 295 Å². The van der Waals surface area contributed by atoms with Crippen LogP contribution in [0.1, 0.15) is 40.9 Å². The lowest BCUT2D eigenvalue weighted by Gasteiger charge is -2.50. The fourth-order valence-electron chi connectivity index (χ4n) is 9.97. The molecule has 4 heterocycles. The maximum Gasteiger partial charge on any atom is 0.321 e. The highest BCUT2D eigenvalue weighted by molar-refractivity contribution is 6.14. The summed E-state index contributed by atoms with van der Waals surface area (Å²) in [5.41, 5.74) is 27.1. The summed E-state index contributed by atoms with van der Waals surface area (Å²) in [5.74, 6) is -10.8. The zero-order valence-corrected chi connectivity index (χ0v) is 34.7. The first kappa shape index (κ1) is 42.7. The van der Waals surface area contributed by atoms with Gasteiger partial charge in [0.2, 0.25) is 0 Å². The van der Waals surface area contributed by atoms with Crippen molar-refractivity contribution in [3.63, 3.8) is 0 Å². The van der Waals surface area contributed by atoms with Gasteiger partial charge < -0.3 is 41.9 Å². The van der Waals surface area contributed by atoms with Gasteiger partial charge in [0.1, 0.15) is 0 Å². The average molecular weight is 869 g/mol. The highest BCUT2D eigenvalue weighted by atomic mass is 16.6. The van der Waals surface area contributed by atoms with Crippen molar-refractivity contribution in [2.75, 3.05) is 22.9 Å². The lowest BCUT2D eigenvalue weighted by Crippen LogP contribution is -2.65. The Morgan fingerprint density at radius 2 is 0.719 bits per heavy atom. The van der Waals surface area contributed by atoms with E-state index in [1.54, 1.807) is 48.5 Å². The average Bonchev–Trinajstić information content (AvgIpc) is 3.77. The van der Waals surface area contributed by atoms with Crippen molar-refractivity contribution >= 4 is 97.8 Å². The van der Waals surface area contributed by atoms with Crippen LogP contribution in [-0.2, 0) is 57.3 Å². The summed E-state index contributed by atoms with van der Waals surface area (Å²) in [4.78, 5) is 102. The number of benzene rings is 5. The maximum atomic E-state index is 12.0. The highest BCUT2D eigenvalue weighted by Crippen LogP contribution is 2.70. The summed E-state index contributed by atoms with van der Waals surface area (Å²) in [6.45, 7) is 7.22. The number of ether oxygens (including phenoxy) is 4. The molecular formula is C47H40N4O13. The molecule has 2 saturated carbocycles. The Hall–Kier alpha value is -7.95. The third kappa shape index (κ3) is 6.41. The van der Waals surface area contributed by atoms with Crippen LogP contribution in [0, 0.1) is 60.2 Å². The fourth-order valence-corrected chi connectivity index (χ4v) is 9.97. The fraction of sp³-hybridized carbons (Fsp3) is 0.255. The van der Waals surface area contributed by atoms with Gasteiger partial charge in [0.15, 0.2) is 5.78 Å². The minimum Gasteiger partial charge on any atom is -0.399 e. The first-order valence-electron chi connectivity index (χ1n) is 20.0. The molecule has 8 N–H and O–H groups in total. The minimum atomic E-state index is -1.23. The van der Waals surface area contributed by atoms with Crippen LogP contribution in [0.25, 0.3) is 21.5 Å². The van der Waals surface area contributed by atoms with Crippen molar-refractivity contribution in [2.45, 2.75) is 27.7 Å². The lowest BCUT2D eigenvalue weighted by atomic mass is 9.41. The van der Waals surface area contributed by atoms with Crippen LogP contribution in [0.4, 0.5) is 22.7 Å². The monoisotopic (exact) mass is 868 g/mol. The summed E-state index contributed by atoms with van der Waals surface area (Å²) in [6, 6.07) is 25.9. The standard InChI is InChI=1S/C16H16N2.C13H12N2O.C10H8O6.C8H4O6/c1-9-13-5-3-12(18)8-16(13)10(2)14-6-4-11(17)7-15(9)14;14-11-5-1-9(2-6-11)13(16)10-3-7-12(15)8-4-10;1-9-3(5(11)15-7(9)13)10(2)4(9)6(12)16-8(10)14;9-5-1-2(6(10)13-5)4-3(1)7(11)14-8(4)12/h3-8H,17-18H2,1-2H3;1-8H,14-15H2;3-4H,1-2H3;1-4H. The van der Waals surface area contributed by atoms with Crippen LogP contribution >= 0.6 is 0 Å². The minimum absolute atomic E-state index is 0.0278. The number of esters is 8. The Labute approximate surface area is 363 Å². The van der Waals surface area contributed by atoms with Crippen LogP contribution in [0.2, 0.25) is 0 Å². The van der Waals surface area contributed by atoms with Crippen molar-refractivity contribution in [2.24, 2.45) is 46.3 Å². The van der Waals surface area contributed by atoms with Gasteiger partial charge in [-0.2, -0.15) is 0 Å². The number of hydrogen-bond donors (Lipinski definition) is 4. The number of rotatable bonds is 2. The van der Waals surface area contributed by atoms with E-state index in [0.29, 0.717) is 22.5 Å². The number of carbonyl (C=O) groups is 9. The third-order valence-electron chi connectivity index (χ3n) is 13.2. The van der Waals surface area contributed by atoms with E-state index in [1.807, 2.05) is 24.3 Å². The van der Waals surface area contributed by atoms with Gasteiger partial charge in [-0.1, -0.05) is 12.1 Å². The van der Waals surface area contributed by atoms with Crippen molar-refractivity contribution in [1.29, 1.82) is 0 Å². The molecule has 17 heteroatoms. The molecule has 5 aromatic rings. The SMILES string of the molecule is CC12C(=O)OC(=O)C1C1(C)C(=O)OC(=O)C21.Cc1c2ccc(N)cc2c(C)c2ccc(N)cc12.Nc1ccc(C(=O)c2ccc(N)cc2)cc1.O=C1OC(=O)C2C1C1C(=O)OC(=O)C21. The summed E-state index contributed by atoms with van der Waals surface area (Å²) in [5, 5.41) is 4.95. The Morgan fingerprint density at radius 1 is 0.422 bits per heavy atom. The third-order valence-corrected chi connectivity index (χ3v) is 13.2. The lowest BCUT2D eigenvalue weighted by molar-refractivity contribution is -0.180. The van der Waals surface area contributed by atoms with Crippen molar-refractivity contribution < 1.29 is 62.1 Å². The quantitative estimate of drug-likeness (QED) is 0.0488. The van der Waals surface area contributed by atoms with Gasteiger partial charge in [0.25, 0.3) is 0 Å². The highest BCUT2D eigenvalue weighted by Gasteiger charge is 2.85. The zero-order valence-electron chi connectivity index (χ0n) is 34.7. The summed E-state index contributed by atoms with van der Waals surface area (Å²) < 4.78 is 17.7. The van der Waals surface area contributed by atoms with Crippen LogP contribution in [0.15, 0.2) is 84.9 Å². The second-order valence-corrected chi connectivity index (χ2v) is 16.9. The number of cyclic esters (lactones) is 8. The molecule has 17 nitrogen and oxygen atoms in total. The molecule has 0 unspecified atom stereocenters. The van der Waals surface area contributed by atoms with Gasteiger partial charge in [-0.15, -0.1) is 0 Å². The molecule has 0 bridgehead atoms. The summed E-state index contributed by atoms with van der Waals surface area (Å²) >= 11 is 0. The molecule has 0 radical (unpaired) electrons. The number of ketones is 1. The Balaban J connectivity index is 0.000000117. The van der Waals surface area contributed by atoms with Crippen LogP contribution < -0.4 is 22.9 Å². The van der Waals surface area contributed by atoms with E-state index in [-0.39, 0.29) is 5.78 Å². The number of aryl methyl sites for hydroxylation is 2. The Morgan fingerprint density at radius 3 is 1.03 bits per heavy atom. The number of fused-ring (bicyclic) bond motifs is 10. The normalized spacial score (nSPS) is 27.6. The zero-order chi connectivity index (χ0) is 46.3. The van der Waals surface area contributed by atoms with Crippen molar-refractivity contribution in [3.8, 4) is 0 Å². The van der Waals surface area contributed by atoms with Gasteiger partial charge in [-0.3, -0.25) is 43.2 Å². The molecule has 0 atom stereocenters. The predicted molar refractivity (Wildman–Crippen MR) is 226 cm³/mol. The first-order valence-corrected chi connectivity index (χ1v) is 20.0. The van der Waals surface area contributed by atoms with Crippen LogP contribution in [0.3, 0.4) is 0 Å². The number of carbonyl (C=O) groups excluding carboxylic acids is 9. The van der Waals surface area contributed by atoms with Gasteiger partial charge in [-0.25, -0.2) is 0 Å². The molecule has 4 saturated heterocycles. The molecule has 4 aliphatic heterocycles. The largest absolute Gasteiger partial charge is 0.399 e. The van der Waals surface area contributed by atoms with E-state index >= 15 is 0 Å². The van der Waals surface area contributed by atoms with E-state index in [0.717, 1.165) is 11.4 Å². The van der Waals surface area contributed by atoms with Crippen LogP contribution in [-0.4, -0.2) is 53.5 Å². The van der Waals surface area contributed by atoms with Crippen molar-refractivity contribution in [3.05, 3.63) is 107 Å². The van der Waals surface area contributed by atoms with E-state index in [9.17, 15) is 43.2 Å². The number of hydrogen-bond acceptors (Lipinski definition) is 17. The Bertz CT molecular complexity index is 2690. The van der Waals surface area contributed by atoms with E-state index < -0.39 is 94.1 Å². The number of nitrogen functional groups attached to an aromatic ring is 4. The molecule has 6 fully saturated rings. The van der Waals surface area contributed by atoms with Gasteiger partial charge >= 0.3 is 47.8 Å². The molecule has 0 aromatic heterocycles. The van der Waals surface area contributed by atoms with Crippen molar-refractivity contribution in [1.82, 2.24) is 0 Å². The smallest absolute Gasteiger partial charge is 0.321 e. The second kappa shape index (κ2) is 15.1. The second-order valence-electron chi connectivity index (χ2n) is 16.9. The van der Waals surface area contributed by atoms with Gasteiger partial charge in [0, 0.05) is 33.9 Å². The molecule has 6 aliphatic rings. The van der Waals surface area contributed by atoms with Gasteiger partial charge in [-0.05, 0) is 133 Å². The molecule has 0 amide bonds. The predicted octanol–water partition coefficient (Wildman–Crippen LogP) is 3.90. The summed E-state index contributed by atoms with van der Waals surface area (Å²) in [7, 11) is 0. The first-order chi connectivity index (χ1) is 30.2. The molecular weight excluding hydrogens is 829 g/mol. The molecule has 5 aromatic carbocycles. The summed E-state index contributed by atoms with van der Waals surface area (Å²) in [6.07, 6.45) is 0. The number of anilines is 4. The number of nitrogens with two attached hydrogens (primary N) is 4. The maximum absolute atomic E-state index is 12.0.